The summed E-state index contributed by atoms with van der Waals surface area (Å²) in [5.74, 6) is 0.773. The minimum absolute atomic E-state index is 0.0214. The number of aliphatic hydroxyl groups is 1. The fraction of sp³-hybridized carbons (Fsp3) is 0.524. The Morgan fingerprint density at radius 2 is 2.11 bits per heavy atom. The van der Waals surface area contributed by atoms with Gasteiger partial charge < -0.3 is 25.0 Å². The van der Waals surface area contributed by atoms with Crippen LogP contribution in [0.15, 0.2) is 29.1 Å². The molecule has 0 bridgehead atoms. The van der Waals surface area contributed by atoms with Crippen LogP contribution in [-0.4, -0.2) is 45.9 Å². The molecule has 0 saturated heterocycles. The Kier molecular flexibility index (Phi) is 7.28. The average molecular weight is 404 g/mol. The molecule has 0 atom stereocenters. The number of hydrogen-bond acceptors (Lipinski definition) is 4. The number of thiocarbonyl (C=S) groups is 1. The van der Waals surface area contributed by atoms with Crippen LogP contribution in [0.2, 0.25) is 0 Å². The summed E-state index contributed by atoms with van der Waals surface area (Å²) in [6.45, 7) is 3.24. The third-order valence-corrected chi connectivity index (χ3v) is 5.53. The Labute approximate surface area is 170 Å². The highest BCUT2D eigenvalue weighted by Gasteiger charge is 2.18. The molecule has 1 fully saturated rings. The molecule has 0 amide bonds. The van der Waals surface area contributed by atoms with Crippen LogP contribution in [0, 0.1) is 0 Å². The molecule has 2 aromatic rings. The largest absolute Gasteiger partial charge is 0.494 e. The highest BCUT2D eigenvalue weighted by molar-refractivity contribution is 7.80. The summed E-state index contributed by atoms with van der Waals surface area (Å²) in [5.41, 5.74) is 1.25. The maximum absolute atomic E-state index is 12.6. The zero-order valence-corrected chi connectivity index (χ0v) is 17.2. The molecular formula is C21H29N3O3S. The van der Waals surface area contributed by atoms with Crippen molar-refractivity contribution in [2.45, 2.75) is 51.6 Å². The van der Waals surface area contributed by atoms with Gasteiger partial charge in [-0.15, -0.1) is 0 Å². The van der Waals surface area contributed by atoms with E-state index in [-0.39, 0.29) is 12.2 Å². The van der Waals surface area contributed by atoms with Crippen LogP contribution in [-0.2, 0) is 6.54 Å². The summed E-state index contributed by atoms with van der Waals surface area (Å²) >= 11 is 5.59. The lowest BCUT2D eigenvalue weighted by atomic mass is 9.96. The standard InChI is InChI=1S/C21H29N3O3S/c1-2-27-18-8-9-19-15(13-18)12-16(20(26)23-19)14-24(10-11-25)21(28)22-17-6-4-3-5-7-17/h8-9,12-13,17,25H,2-7,10-11,14H2,1H3,(H,22,28)(H,23,26). The lowest BCUT2D eigenvalue weighted by molar-refractivity contribution is 0.243. The van der Waals surface area contributed by atoms with Crippen molar-refractivity contribution in [3.63, 3.8) is 0 Å². The number of fused-ring (bicyclic) bond motifs is 1. The number of hydrogen-bond donors (Lipinski definition) is 3. The van der Waals surface area contributed by atoms with Crippen molar-refractivity contribution in [1.82, 2.24) is 15.2 Å². The fourth-order valence-electron chi connectivity index (χ4n) is 3.70. The molecular weight excluding hydrogens is 374 g/mol. The number of rotatable bonds is 7. The monoisotopic (exact) mass is 403 g/mol. The third-order valence-electron chi connectivity index (χ3n) is 5.15. The molecule has 3 rings (SSSR count). The number of aliphatic hydroxyl groups excluding tert-OH is 1. The van der Waals surface area contributed by atoms with Crippen LogP contribution in [0.1, 0.15) is 44.6 Å². The van der Waals surface area contributed by atoms with Crippen LogP contribution in [0.25, 0.3) is 10.9 Å². The van der Waals surface area contributed by atoms with Gasteiger partial charge in [-0.3, -0.25) is 4.79 Å². The van der Waals surface area contributed by atoms with Crippen LogP contribution >= 0.6 is 12.2 Å². The topological polar surface area (TPSA) is 77.6 Å². The summed E-state index contributed by atoms with van der Waals surface area (Å²) in [6.07, 6.45) is 5.94. The van der Waals surface area contributed by atoms with Crippen LogP contribution < -0.4 is 15.6 Å². The molecule has 7 heteroatoms. The zero-order valence-electron chi connectivity index (χ0n) is 16.4. The van der Waals surface area contributed by atoms with E-state index in [2.05, 4.69) is 10.3 Å². The van der Waals surface area contributed by atoms with E-state index in [9.17, 15) is 9.90 Å². The van der Waals surface area contributed by atoms with E-state index in [0.29, 0.717) is 36.4 Å². The molecule has 1 heterocycles. The summed E-state index contributed by atoms with van der Waals surface area (Å²) in [6, 6.07) is 7.89. The lowest BCUT2D eigenvalue weighted by Gasteiger charge is -2.30. The molecule has 0 aliphatic heterocycles. The number of pyridine rings is 1. The van der Waals surface area contributed by atoms with Gasteiger partial charge in [-0.25, -0.2) is 0 Å². The second kappa shape index (κ2) is 9.89. The Balaban J connectivity index is 1.79. The average Bonchev–Trinajstić information content (AvgIpc) is 2.69. The number of aromatic nitrogens is 1. The van der Waals surface area contributed by atoms with E-state index >= 15 is 0 Å². The fourth-order valence-corrected chi connectivity index (χ4v) is 4.02. The summed E-state index contributed by atoms with van der Waals surface area (Å²) in [4.78, 5) is 17.4. The smallest absolute Gasteiger partial charge is 0.253 e. The minimum atomic E-state index is -0.139. The third kappa shape index (κ3) is 5.23. The van der Waals surface area contributed by atoms with Crippen LogP contribution in [0.4, 0.5) is 0 Å². The molecule has 6 nitrogen and oxygen atoms in total. The van der Waals surface area contributed by atoms with Crippen molar-refractivity contribution < 1.29 is 9.84 Å². The van der Waals surface area contributed by atoms with Gasteiger partial charge in [0.15, 0.2) is 5.11 Å². The van der Waals surface area contributed by atoms with Crippen molar-refractivity contribution in [2.75, 3.05) is 19.8 Å². The maximum atomic E-state index is 12.6. The van der Waals surface area contributed by atoms with Crippen molar-refractivity contribution in [1.29, 1.82) is 0 Å². The Morgan fingerprint density at radius 3 is 2.82 bits per heavy atom. The minimum Gasteiger partial charge on any atom is -0.494 e. The van der Waals surface area contributed by atoms with E-state index < -0.39 is 0 Å². The van der Waals surface area contributed by atoms with Gasteiger partial charge in [0.1, 0.15) is 5.75 Å². The van der Waals surface area contributed by atoms with Crippen molar-refractivity contribution >= 4 is 28.2 Å². The number of H-pyrrole nitrogens is 1. The number of nitrogens with zero attached hydrogens (tertiary/aromatic N) is 1. The molecule has 0 radical (unpaired) electrons. The first-order chi connectivity index (χ1) is 13.6. The normalized spacial score (nSPS) is 14.8. The first kappa shape index (κ1) is 20.6. The number of nitrogens with one attached hydrogen (secondary N) is 2. The predicted octanol–water partition coefficient (Wildman–Crippen LogP) is 2.93. The molecule has 28 heavy (non-hydrogen) atoms. The second-order valence-electron chi connectivity index (χ2n) is 7.24. The molecule has 152 valence electrons. The summed E-state index contributed by atoms with van der Waals surface area (Å²) in [7, 11) is 0. The van der Waals surface area contributed by atoms with Gasteiger partial charge in [-0.05, 0) is 56.2 Å². The van der Waals surface area contributed by atoms with Gasteiger partial charge in [0.25, 0.3) is 5.56 Å². The van der Waals surface area contributed by atoms with Crippen molar-refractivity contribution in [3.8, 4) is 5.75 Å². The van der Waals surface area contributed by atoms with Gasteiger partial charge in [-0.2, -0.15) is 0 Å². The van der Waals surface area contributed by atoms with Gasteiger partial charge in [0.2, 0.25) is 0 Å². The van der Waals surface area contributed by atoms with E-state index in [1.807, 2.05) is 36.1 Å². The Hall–Kier alpha value is -2.12. The quantitative estimate of drug-likeness (QED) is 0.617. The first-order valence-corrected chi connectivity index (χ1v) is 10.5. The van der Waals surface area contributed by atoms with Crippen molar-refractivity contribution in [3.05, 3.63) is 40.2 Å². The molecule has 0 unspecified atom stereocenters. The molecule has 0 spiro atoms. The second-order valence-corrected chi connectivity index (χ2v) is 7.62. The summed E-state index contributed by atoms with van der Waals surface area (Å²) in [5, 5.41) is 14.4. The van der Waals surface area contributed by atoms with Gasteiger partial charge >= 0.3 is 0 Å². The van der Waals surface area contributed by atoms with Crippen molar-refractivity contribution in [2.24, 2.45) is 0 Å². The number of ether oxygens (including phenoxy) is 1. The molecule has 1 saturated carbocycles. The van der Waals surface area contributed by atoms with Crippen LogP contribution in [0.3, 0.4) is 0 Å². The van der Waals surface area contributed by atoms with Gasteiger partial charge in [0.05, 0.1) is 19.8 Å². The Bertz CT molecular complexity index is 862. The van der Waals surface area contributed by atoms with Gasteiger partial charge in [0, 0.05) is 29.1 Å². The molecule has 1 aliphatic rings. The van der Waals surface area contributed by atoms with Crippen LogP contribution in [0.5, 0.6) is 5.75 Å². The zero-order chi connectivity index (χ0) is 19.9. The SMILES string of the molecule is CCOc1ccc2[nH]c(=O)c(CN(CCO)C(=S)NC3CCCCC3)cc2c1. The van der Waals surface area contributed by atoms with E-state index in [4.69, 9.17) is 17.0 Å². The predicted molar refractivity (Wildman–Crippen MR) is 116 cm³/mol. The van der Waals surface area contributed by atoms with E-state index in [0.717, 1.165) is 29.5 Å². The molecule has 1 aromatic carbocycles. The first-order valence-electron chi connectivity index (χ1n) is 10.1. The molecule has 1 aromatic heterocycles. The van der Waals surface area contributed by atoms with E-state index in [1.54, 1.807) is 0 Å². The highest BCUT2D eigenvalue weighted by Crippen LogP contribution is 2.20. The van der Waals surface area contributed by atoms with Gasteiger partial charge in [-0.1, -0.05) is 19.3 Å². The number of aromatic amines is 1. The summed E-state index contributed by atoms with van der Waals surface area (Å²) < 4.78 is 5.56. The molecule has 3 N–H and O–H groups in total. The lowest BCUT2D eigenvalue weighted by Crippen LogP contribution is -2.46. The molecule has 1 aliphatic carbocycles. The highest BCUT2D eigenvalue weighted by atomic mass is 32.1. The Morgan fingerprint density at radius 1 is 1.32 bits per heavy atom. The number of benzene rings is 1. The van der Waals surface area contributed by atoms with E-state index in [1.165, 1.54) is 19.3 Å². The maximum Gasteiger partial charge on any atom is 0.253 e.